The van der Waals surface area contributed by atoms with Gasteiger partial charge in [-0.25, -0.2) is 9.07 Å². The summed E-state index contributed by atoms with van der Waals surface area (Å²) in [7, 11) is 0. The Bertz CT molecular complexity index is 883. The van der Waals surface area contributed by atoms with Gasteiger partial charge in [0.05, 0.1) is 11.6 Å². The third-order valence-electron chi connectivity index (χ3n) is 5.73. The minimum absolute atomic E-state index is 0.0459. The molecule has 1 aliphatic carbocycles. The summed E-state index contributed by atoms with van der Waals surface area (Å²) in [5.74, 6) is -0.291. The van der Waals surface area contributed by atoms with E-state index < -0.39 is 23.3 Å². The van der Waals surface area contributed by atoms with Gasteiger partial charge in [0.2, 0.25) is 5.95 Å². The van der Waals surface area contributed by atoms with E-state index in [-0.39, 0.29) is 18.1 Å². The van der Waals surface area contributed by atoms with Crippen molar-refractivity contribution in [1.82, 2.24) is 14.8 Å². The summed E-state index contributed by atoms with van der Waals surface area (Å²) in [6, 6.07) is 1.99. The molecule has 2 aliphatic rings. The second-order valence-corrected chi connectivity index (χ2v) is 8.06. The van der Waals surface area contributed by atoms with E-state index in [2.05, 4.69) is 10.1 Å². The minimum atomic E-state index is -4.60. The Morgan fingerprint density at radius 3 is 2.41 bits per heavy atom. The molecule has 2 unspecified atom stereocenters. The number of hydrogen-bond acceptors (Lipinski definition) is 5. The molecule has 1 aromatic heterocycles. The molecule has 6 nitrogen and oxygen atoms in total. The van der Waals surface area contributed by atoms with Crippen molar-refractivity contribution in [2.24, 2.45) is 17.6 Å². The van der Waals surface area contributed by atoms with Gasteiger partial charge in [-0.1, -0.05) is 0 Å². The molecular weight excluding hydrogens is 390 g/mol. The van der Waals surface area contributed by atoms with Crippen LogP contribution in [0.3, 0.4) is 0 Å². The molecule has 1 saturated heterocycles. The van der Waals surface area contributed by atoms with Crippen LogP contribution >= 0.6 is 0 Å². The largest absolute Gasteiger partial charge is 0.421 e. The van der Waals surface area contributed by atoms with Gasteiger partial charge in [-0.2, -0.15) is 18.2 Å². The third-order valence-corrected chi connectivity index (χ3v) is 5.73. The monoisotopic (exact) mass is 413 g/mol. The van der Waals surface area contributed by atoms with Crippen LogP contribution in [0, 0.1) is 17.7 Å². The number of halogens is 4. The first-order chi connectivity index (χ1) is 13.6. The molecule has 29 heavy (non-hydrogen) atoms. The van der Waals surface area contributed by atoms with E-state index in [1.54, 1.807) is 0 Å². The molecule has 2 atom stereocenters. The Morgan fingerprint density at radius 2 is 1.83 bits per heavy atom. The molecular formula is C19H23F4N5O. The average molecular weight is 413 g/mol. The van der Waals surface area contributed by atoms with Crippen LogP contribution in [0.25, 0.3) is 0 Å². The molecule has 4 rings (SSSR count). The van der Waals surface area contributed by atoms with Crippen LogP contribution in [0.5, 0.6) is 11.8 Å². The molecule has 10 heteroatoms. The maximum atomic E-state index is 14.1. The predicted molar refractivity (Wildman–Crippen MR) is 98.3 cm³/mol. The minimum Gasteiger partial charge on any atom is -0.421 e. The number of piperidine rings is 1. The summed E-state index contributed by atoms with van der Waals surface area (Å²) in [5.41, 5.74) is 5.25. The number of aromatic nitrogens is 3. The Hall–Kier alpha value is -2.36. The van der Waals surface area contributed by atoms with Crippen molar-refractivity contribution < 1.29 is 22.3 Å². The summed E-state index contributed by atoms with van der Waals surface area (Å²) >= 11 is 0. The second-order valence-electron chi connectivity index (χ2n) is 8.06. The van der Waals surface area contributed by atoms with E-state index >= 15 is 0 Å². The summed E-state index contributed by atoms with van der Waals surface area (Å²) in [4.78, 5) is 6.40. The first-order valence-corrected chi connectivity index (χ1v) is 9.65. The quantitative estimate of drug-likeness (QED) is 0.768. The number of nitrogens with zero attached hydrogens (tertiary/aromatic N) is 4. The number of alkyl halides is 3. The Labute approximate surface area is 165 Å². The molecule has 1 saturated carbocycles. The topological polar surface area (TPSA) is 69.2 Å². The fourth-order valence-electron chi connectivity index (χ4n) is 4.12. The number of ether oxygens (including phenoxy) is 1. The maximum absolute atomic E-state index is 14.1. The Morgan fingerprint density at radius 1 is 1.17 bits per heavy atom. The highest BCUT2D eigenvalue weighted by Crippen LogP contribution is 2.38. The highest BCUT2D eigenvalue weighted by molar-refractivity contribution is 5.37. The lowest BCUT2D eigenvalue weighted by Gasteiger charge is -2.35. The molecule has 2 heterocycles. The van der Waals surface area contributed by atoms with Gasteiger partial charge in [0.1, 0.15) is 0 Å². The van der Waals surface area contributed by atoms with Crippen LogP contribution in [0.2, 0.25) is 0 Å². The van der Waals surface area contributed by atoms with Gasteiger partial charge < -0.3 is 15.4 Å². The fourth-order valence-corrected chi connectivity index (χ4v) is 4.12. The van der Waals surface area contributed by atoms with E-state index in [1.807, 2.05) is 18.7 Å². The molecule has 2 bridgehead atoms. The van der Waals surface area contributed by atoms with Gasteiger partial charge in [0, 0.05) is 19.1 Å². The van der Waals surface area contributed by atoms with Crippen LogP contribution in [0.15, 0.2) is 18.2 Å². The van der Waals surface area contributed by atoms with Crippen LogP contribution in [0.1, 0.15) is 38.3 Å². The first-order valence-electron chi connectivity index (χ1n) is 9.65. The molecule has 2 fully saturated rings. The number of anilines is 1. The average Bonchev–Trinajstić information content (AvgIpc) is 3.12. The summed E-state index contributed by atoms with van der Waals surface area (Å²) in [5, 5.41) is 4.47. The van der Waals surface area contributed by atoms with Gasteiger partial charge in [-0.05, 0) is 56.7 Å². The molecule has 0 amide bonds. The number of nitrogens with two attached hydrogens (primary N) is 1. The molecule has 1 aromatic carbocycles. The van der Waals surface area contributed by atoms with E-state index in [9.17, 15) is 17.6 Å². The predicted octanol–water partition coefficient (Wildman–Crippen LogP) is 3.98. The van der Waals surface area contributed by atoms with Crippen molar-refractivity contribution in [2.45, 2.75) is 44.9 Å². The zero-order valence-corrected chi connectivity index (χ0v) is 16.2. The lowest BCUT2D eigenvalue weighted by Crippen LogP contribution is -2.49. The summed E-state index contributed by atoms with van der Waals surface area (Å²) in [6.45, 7) is 5.11. The van der Waals surface area contributed by atoms with Gasteiger partial charge in [0.25, 0.3) is 0 Å². The van der Waals surface area contributed by atoms with Gasteiger partial charge in [-0.15, -0.1) is 5.10 Å². The second kappa shape index (κ2) is 7.16. The van der Waals surface area contributed by atoms with Crippen molar-refractivity contribution in [3.8, 4) is 11.8 Å². The highest BCUT2D eigenvalue weighted by atomic mass is 19.4. The van der Waals surface area contributed by atoms with Crippen LogP contribution in [0.4, 0.5) is 23.5 Å². The van der Waals surface area contributed by atoms with Crippen LogP contribution in [-0.4, -0.2) is 33.9 Å². The SMILES string of the molecule is CC(C)n1nc(N2CC3CCC(C2)C3N)nc1Oc1cc(C(F)(F)F)ccc1F. The van der Waals surface area contributed by atoms with Crippen molar-refractivity contribution in [3.05, 3.63) is 29.6 Å². The molecule has 1 aliphatic heterocycles. The summed E-state index contributed by atoms with van der Waals surface area (Å²) < 4.78 is 60.0. The molecule has 158 valence electrons. The maximum Gasteiger partial charge on any atom is 0.416 e. The van der Waals surface area contributed by atoms with Crippen molar-refractivity contribution >= 4 is 5.95 Å². The lowest BCUT2D eigenvalue weighted by molar-refractivity contribution is -0.137. The first kappa shape index (κ1) is 19.9. The van der Waals surface area contributed by atoms with E-state index in [4.69, 9.17) is 10.5 Å². The van der Waals surface area contributed by atoms with E-state index in [0.717, 1.165) is 32.0 Å². The number of fused-ring (bicyclic) bond motifs is 2. The Kier molecular flexibility index (Phi) is 4.92. The molecule has 0 radical (unpaired) electrons. The molecule has 0 spiro atoms. The standard InChI is InChI=1S/C19H23F4N5O/c1-10(2)28-18(29-15-7-13(19(21,22)23)5-6-14(15)20)25-17(26-28)27-8-11-3-4-12(9-27)16(11)24/h5-7,10-12,16H,3-4,8-9,24H2,1-2H3. The van der Waals surface area contributed by atoms with E-state index in [0.29, 0.717) is 29.9 Å². The van der Waals surface area contributed by atoms with Crippen molar-refractivity contribution in [1.29, 1.82) is 0 Å². The summed E-state index contributed by atoms with van der Waals surface area (Å²) in [6.07, 6.45) is -2.48. The smallest absolute Gasteiger partial charge is 0.416 e. The van der Waals surface area contributed by atoms with Crippen LogP contribution in [-0.2, 0) is 6.18 Å². The van der Waals surface area contributed by atoms with E-state index in [1.165, 1.54) is 4.68 Å². The van der Waals surface area contributed by atoms with Crippen molar-refractivity contribution in [2.75, 3.05) is 18.0 Å². The lowest BCUT2D eigenvalue weighted by atomic mass is 9.93. The van der Waals surface area contributed by atoms with Gasteiger partial charge in [-0.3, -0.25) is 0 Å². The molecule has 2 aromatic rings. The number of rotatable bonds is 4. The van der Waals surface area contributed by atoms with Gasteiger partial charge >= 0.3 is 12.2 Å². The Balaban J connectivity index is 1.63. The fraction of sp³-hybridized carbons (Fsp3) is 0.579. The zero-order valence-electron chi connectivity index (χ0n) is 16.2. The number of benzene rings is 1. The third kappa shape index (κ3) is 3.77. The molecule has 2 N–H and O–H groups in total. The normalized spacial score (nSPS) is 24.4. The highest BCUT2D eigenvalue weighted by Gasteiger charge is 2.41. The zero-order chi connectivity index (χ0) is 20.9. The number of hydrogen-bond donors (Lipinski definition) is 1. The van der Waals surface area contributed by atoms with Gasteiger partial charge in [0.15, 0.2) is 11.6 Å². The van der Waals surface area contributed by atoms with Crippen LogP contribution < -0.4 is 15.4 Å². The van der Waals surface area contributed by atoms with Crippen molar-refractivity contribution in [3.63, 3.8) is 0 Å².